The highest BCUT2D eigenvalue weighted by molar-refractivity contribution is 7.36. The van der Waals surface area contributed by atoms with Crippen LogP contribution >= 0.6 is 22.7 Å². The van der Waals surface area contributed by atoms with E-state index in [1.54, 1.807) is 0 Å². The monoisotopic (exact) mass is 650 g/mol. The minimum absolute atomic E-state index is 1.24. The van der Waals surface area contributed by atoms with E-state index < -0.39 is 0 Å². The van der Waals surface area contributed by atoms with Crippen LogP contribution in [0.15, 0.2) is 146 Å². The van der Waals surface area contributed by atoms with Crippen LogP contribution in [0.2, 0.25) is 0 Å². The van der Waals surface area contributed by atoms with E-state index in [4.69, 9.17) is 0 Å². The molecule has 0 amide bonds. The molecule has 0 atom stereocenters. The normalized spacial score (nSPS) is 12.0. The highest BCUT2D eigenvalue weighted by atomic mass is 32.1. The number of hydrogen-bond donors (Lipinski definition) is 0. The van der Waals surface area contributed by atoms with Crippen LogP contribution < -0.4 is 0 Å². The largest absolute Gasteiger partial charge is 0.344 e. The first-order valence-corrected chi connectivity index (χ1v) is 17.9. The van der Waals surface area contributed by atoms with Crippen molar-refractivity contribution >= 4 is 74.1 Å². The van der Waals surface area contributed by atoms with E-state index in [9.17, 15) is 0 Å². The van der Waals surface area contributed by atoms with Crippen molar-refractivity contribution in [1.29, 1.82) is 0 Å². The van der Waals surface area contributed by atoms with Crippen molar-refractivity contribution in [1.82, 2.24) is 9.13 Å². The summed E-state index contributed by atoms with van der Waals surface area (Å²) in [5, 5.41) is 5.25. The zero-order valence-electron chi connectivity index (χ0n) is 26.6. The smallest absolute Gasteiger partial charge is 0.0542 e. The van der Waals surface area contributed by atoms with Crippen LogP contribution in [0.3, 0.4) is 0 Å². The zero-order chi connectivity index (χ0) is 31.9. The number of nitrogens with zero attached hydrogens (tertiary/aromatic N) is 2. The van der Waals surface area contributed by atoms with Gasteiger partial charge >= 0.3 is 0 Å². The molecule has 2 nitrogen and oxygen atoms in total. The van der Waals surface area contributed by atoms with Gasteiger partial charge in [0, 0.05) is 67.5 Å². The second kappa shape index (κ2) is 10.5. The van der Waals surface area contributed by atoms with Crippen molar-refractivity contribution < 1.29 is 0 Å². The second-order valence-corrected chi connectivity index (χ2v) is 14.8. The molecule has 10 aromatic rings. The van der Waals surface area contributed by atoms with Crippen molar-refractivity contribution in [2.24, 2.45) is 14.1 Å². The molecule has 0 unspecified atom stereocenters. The molecule has 4 heteroatoms. The van der Waals surface area contributed by atoms with Crippen molar-refractivity contribution in [3.63, 3.8) is 0 Å². The first-order valence-electron chi connectivity index (χ1n) is 16.3. The van der Waals surface area contributed by atoms with E-state index in [2.05, 4.69) is 169 Å². The molecule has 0 radical (unpaired) electrons. The number of benzene rings is 6. The summed E-state index contributed by atoms with van der Waals surface area (Å²) in [6.07, 6.45) is 0. The van der Waals surface area contributed by atoms with Gasteiger partial charge in [-0.25, -0.2) is 0 Å². The molecule has 6 aromatic carbocycles. The Morgan fingerprint density at radius 3 is 1.25 bits per heavy atom. The molecule has 10 rings (SSSR count). The highest BCUT2D eigenvalue weighted by Gasteiger charge is 2.15. The number of fused-ring (bicyclic) bond motifs is 7. The number of aromatic nitrogens is 2. The Labute approximate surface area is 286 Å². The van der Waals surface area contributed by atoms with Gasteiger partial charge in [-0.3, -0.25) is 0 Å². The van der Waals surface area contributed by atoms with E-state index in [0.29, 0.717) is 0 Å². The molecule has 4 heterocycles. The summed E-state index contributed by atoms with van der Waals surface area (Å²) in [4.78, 5) is 0. The molecule has 228 valence electrons. The molecular weight excluding hydrogens is 621 g/mol. The number of para-hydroxylation sites is 2. The quantitative estimate of drug-likeness (QED) is 0.179. The Hall–Kier alpha value is -5.42. The Kier molecular flexibility index (Phi) is 6.08. The maximum absolute atomic E-state index is 2.38. The lowest BCUT2D eigenvalue weighted by molar-refractivity contribution is 0.978. The number of rotatable bonds is 4. The molecule has 0 aliphatic heterocycles. The van der Waals surface area contributed by atoms with E-state index >= 15 is 0 Å². The van der Waals surface area contributed by atoms with Gasteiger partial charge in [0.2, 0.25) is 0 Å². The van der Waals surface area contributed by atoms with E-state index in [0.717, 1.165) is 0 Å². The third-order valence-corrected chi connectivity index (χ3v) is 12.5. The van der Waals surface area contributed by atoms with E-state index in [1.807, 2.05) is 22.7 Å². The molecule has 0 fully saturated rings. The molecule has 0 saturated heterocycles. The molecule has 0 aliphatic rings. The van der Waals surface area contributed by atoms with Gasteiger partial charge in [0.05, 0.1) is 9.40 Å². The van der Waals surface area contributed by atoms with E-state index in [1.165, 1.54) is 96.1 Å². The maximum Gasteiger partial charge on any atom is 0.0542 e. The Bertz CT molecular complexity index is 2680. The fourth-order valence-corrected chi connectivity index (χ4v) is 10.2. The fourth-order valence-electron chi connectivity index (χ4n) is 7.46. The maximum atomic E-state index is 2.38. The van der Waals surface area contributed by atoms with Gasteiger partial charge in [-0.2, -0.15) is 0 Å². The van der Waals surface area contributed by atoms with Crippen LogP contribution in [0.25, 0.3) is 96.1 Å². The summed E-state index contributed by atoms with van der Waals surface area (Å²) in [7, 11) is 4.32. The predicted octanol–water partition coefficient (Wildman–Crippen LogP) is 12.9. The summed E-state index contributed by atoms with van der Waals surface area (Å²) in [6.45, 7) is 0. The average Bonchev–Trinajstić information content (AvgIpc) is 3.87. The third kappa shape index (κ3) is 4.23. The summed E-state index contributed by atoms with van der Waals surface area (Å²) < 4.78 is 10.1. The SMILES string of the molecule is Cn1c(-c2cccc(-c3ccc4c(c3)sc3c5ccc(-c6cccc(-c7cc8ccccc8n7C)c6)cc5sc43)c2)cc2ccccc21. The molecule has 48 heavy (non-hydrogen) atoms. The lowest BCUT2D eigenvalue weighted by Crippen LogP contribution is -1.91. The van der Waals surface area contributed by atoms with Gasteiger partial charge in [-0.05, 0) is 81.9 Å². The molecular formula is C44H30N2S2. The van der Waals surface area contributed by atoms with Crippen LogP contribution in [0.5, 0.6) is 0 Å². The minimum Gasteiger partial charge on any atom is -0.344 e. The number of aryl methyl sites for hydroxylation is 2. The summed E-state index contributed by atoms with van der Waals surface area (Å²) in [6, 6.07) is 53.7. The molecule has 0 spiro atoms. The fraction of sp³-hybridized carbons (Fsp3) is 0.0455. The van der Waals surface area contributed by atoms with Crippen molar-refractivity contribution in [3.05, 3.63) is 146 Å². The standard InChI is InChI=1S/C44H30N2S2/c1-45-37-15-5-3-9-33(37)23-39(45)31-13-7-11-27(21-31)29-17-19-35-41(25-29)47-44-36-20-18-30(26-42(36)48-43(35)44)28-12-8-14-32(22-28)40-24-34-10-4-6-16-38(34)46(40)2/h3-26H,1-2H3. The van der Waals surface area contributed by atoms with Crippen LogP contribution in [0.4, 0.5) is 0 Å². The van der Waals surface area contributed by atoms with Crippen molar-refractivity contribution in [3.8, 4) is 44.8 Å². The van der Waals surface area contributed by atoms with Crippen LogP contribution in [-0.2, 0) is 14.1 Å². The predicted molar refractivity (Wildman–Crippen MR) is 209 cm³/mol. The Balaban J connectivity index is 1.01. The molecule has 0 saturated carbocycles. The lowest BCUT2D eigenvalue weighted by atomic mass is 10.0. The summed E-state index contributed by atoms with van der Waals surface area (Å²) in [5.74, 6) is 0. The van der Waals surface area contributed by atoms with Crippen molar-refractivity contribution in [2.75, 3.05) is 0 Å². The van der Waals surface area contributed by atoms with Crippen LogP contribution in [0, 0.1) is 0 Å². The highest BCUT2D eigenvalue weighted by Crippen LogP contribution is 2.46. The number of thiophene rings is 2. The zero-order valence-corrected chi connectivity index (χ0v) is 28.2. The van der Waals surface area contributed by atoms with Crippen LogP contribution in [0.1, 0.15) is 0 Å². The lowest BCUT2D eigenvalue weighted by Gasteiger charge is -2.08. The molecule has 0 N–H and O–H groups in total. The van der Waals surface area contributed by atoms with E-state index in [-0.39, 0.29) is 0 Å². The topological polar surface area (TPSA) is 9.86 Å². The number of hydrogen-bond acceptors (Lipinski definition) is 2. The van der Waals surface area contributed by atoms with Gasteiger partial charge in [0.1, 0.15) is 0 Å². The second-order valence-electron chi connectivity index (χ2n) is 12.7. The Morgan fingerprint density at radius 2 is 0.792 bits per heavy atom. The van der Waals surface area contributed by atoms with Gasteiger partial charge in [-0.1, -0.05) is 97.1 Å². The first kappa shape index (κ1) is 27.7. The molecule has 4 aromatic heterocycles. The average molecular weight is 651 g/mol. The summed E-state index contributed by atoms with van der Waals surface area (Å²) >= 11 is 3.84. The first-order chi connectivity index (χ1) is 23.6. The van der Waals surface area contributed by atoms with Gasteiger partial charge in [0.15, 0.2) is 0 Å². The summed E-state index contributed by atoms with van der Waals surface area (Å²) in [5.41, 5.74) is 12.5. The van der Waals surface area contributed by atoms with Crippen molar-refractivity contribution in [2.45, 2.75) is 0 Å². The Morgan fingerprint density at radius 1 is 0.375 bits per heavy atom. The molecule has 0 bridgehead atoms. The van der Waals surface area contributed by atoms with Gasteiger partial charge < -0.3 is 9.13 Å². The molecule has 0 aliphatic carbocycles. The minimum atomic E-state index is 1.24. The third-order valence-electron chi connectivity index (χ3n) is 9.97. The van der Waals surface area contributed by atoms with Gasteiger partial charge in [0.25, 0.3) is 0 Å². The van der Waals surface area contributed by atoms with Crippen LogP contribution in [-0.4, -0.2) is 9.13 Å². The van der Waals surface area contributed by atoms with Gasteiger partial charge in [-0.15, -0.1) is 22.7 Å².